The van der Waals surface area contributed by atoms with Crippen LogP contribution in [-0.2, 0) is 16.4 Å². The van der Waals surface area contributed by atoms with Gasteiger partial charge in [0.25, 0.3) is 0 Å². The highest BCUT2D eigenvalue weighted by molar-refractivity contribution is 7.89. The standard InChI is InChI=1S/C17H20N2O3S/c1-3-19(13-11-16-6-4-5-12-18-16)23(21,22)17-9-7-15(8-10-17)14(2)20/h4-10,12H,3,11,13H2,1-2H3. The number of hydrogen-bond acceptors (Lipinski definition) is 4. The van der Waals surface area contributed by atoms with Gasteiger partial charge in [0.15, 0.2) is 5.78 Å². The smallest absolute Gasteiger partial charge is 0.243 e. The highest BCUT2D eigenvalue weighted by atomic mass is 32.2. The molecule has 0 unspecified atom stereocenters. The topological polar surface area (TPSA) is 67.3 Å². The summed E-state index contributed by atoms with van der Waals surface area (Å²) in [5.41, 5.74) is 1.36. The lowest BCUT2D eigenvalue weighted by Crippen LogP contribution is -2.33. The van der Waals surface area contributed by atoms with Gasteiger partial charge in [0, 0.05) is 37.0 Å². The summed E-state index contributed by atoms with van der Waals surface area (Å²) >= 11 is 0. The molecule has 0 aliphatic rings. The molecule has 0 radical (unpaired) electrons. The van der Waals surface area contributed by atoms with Gasteiger partial charge in [-0.1, -0.05) is 25.1 Å². The molecule has 0 N–H and O–H groups in total. The van der Waals surface area contributed by atoms with Crippen LogP contribution in [0.5, 0.6) is 0 Å². The van der Waals surface area contributed by atoms with Crippen LogP contribution < -0.4 is 0 Å². The summed E-state index contributed by atoms with van der Waals surface area (Å²) in [5, 5.41) is 0. The molecule has 0 atom stereocenters. The number of nitrogens with zero attached hydrogens (tertiary/aromatic N) is 2. The lowest BCUT2D eigenvalue weighted by Gasteiger charge is -2.20. The molecule has 0 fully saturated rings. The van der Waals surface area contributed by atoms with Crippen molar-refractivity contribution in [2.75, 3.05) is 13.1 Å². The van der Waals surface area contributed by atoms with Gasteiger partial charge in [0.2, 0.25) is 10.0 Å². The summed E-state index contributed by atoms with van der Waals surface area (Å²) in [5.74, 6) is -0.0866. The zero-order valence-corrected chi connectivity index (χ0v) is 14.1. The van der Waals surface area contributed by atoms with E-state index in [-0.39, 0.29) is 10.7 Å². The molecule has 0 saturated carbocycles. The Morgan fingerprint density at radius 1 is 1.13 bits per heavy atom. The number of sulfonamides is 1. The van der Waals surface area contributed by atoms with E-state index in [2.05, 4.69) is 4.98 Å². The Morgan fingerprint density at radius 2 is 1.83 bits per heavy atom. The van der Waals surface area contributed by atoms with E-state index in [0.717, 1.165) is 5.69 Å². The van der Waals surface area contributed by atoms with Crippen molar-refractivity contribution in [1.82, 2.24) is 9.29 Å². The summed E-state index contributed by atoms with van der Waals surface area (Å²) in [4.78, 5) is 15.7. The van der Waals surface area contributed by atoms with Gasteiger partial charge >= 0.3 is 0 Å². The van der Waals surface area contributed by atoms with Gasteiger partial charge in [-0.3, -0.25) is 9.78 Å². The number of ketones is 1. The van der Waals surface area contributed by atoms with Crippen molar-refractivity contribution >= 4 is 15.8 Å². The van der Waals surface area contributed by atoms with Crippen molar-refractivity contribution in [1.29, 1.82) is 0 Å². The quantitative estimate of drug-likeness (QED) is 0.731. The van der Waals surface area contributed by atoms with Crippen LogP contribution in [-0.4, -0.2) is 36.6 Å². The van der Waals surface area contributed by atoms with E-state index < -0.39 is 10.0 Å². The molecule has 0 aliphatic heterocycles. The molecule has 1 heterocycles. The van der Waals surface area contributed by atoms with Crippen LogP contribution in [0.25, 0.3) is 0 Å². The number of likely N-dealkylation sites (N-methyl/N-ethyl adjacent to an activating group) is 1. The second-order valence-electron chi connectivity index (χ2n) is 5.15. The maximum absolute atomic E-state index is 12.7. The second-order valence-corrected chi connectivity index (χ2v) is 7.09. The highest BCUT2D eigenvalue weighted by Gasteiger charge is 2.23. The van der Waals surface area contributed by atoms with Crippen molar-refractivity contribution in [2.45, 2.75) is 25.2 Å². The van der Waals surface area contributed by atoms with Crippen molar-refractivity contribution in [3.8, 4) is 0 Å². The second kappa shape index (κ2) is 7.48. The van der Waals surface area contributed by atoms with Crippen molar-refractivity contribution < 1.29 is 13.2 Å². The van der Waals surface area contributed by atoms with Crippen LogP contribution in [0.3, 0.4) is 0 Å². The van der Waals surface area contributed by atoms with Crippen LogP contribution in [0.2, 0.25) is 0 Å². The fourth-order valence-corrected chi connectivity index (χ4v) is 3.69. The van der Waals surface area contributed by atoms with Crippen LogP contribution >= 0.6 is 0 Å². The fourth-order valence-electron chi connectivity index (χ4n) is 2.24. The molecule has 0 spiro atoms. The third-order valence-electron chi connectivity index (χ3n) is 3.59. The molecule has 0 aliphatic carbocycles. The van der Waals surface area contributed by atoms with E-state index >= 15 is 0 Å². The molecule has 5 nitrogen and oxygen atoms in total. The Morgan fingerprint density at radius 3 is 2.35 bits per heavy atom. The third kappa shape index (κ3) is 4.24. The number of Topliss-reactive ketones (excluding diaryl/α,β-unsaturated/α-hetero) is 1. The van der Waals surface area contributed by atoms with Gasteiger partial charge in [-0.25, -0.2) is 8.42 Å². The average Bonchev–Trinajstić information content (AvgIpc) is 2.56. The van der Waals surface area contributed by atoms with E-state index in [4.69, 9.17) is 0 Å². The molecule has 1 aromatic carbocycles. The number of benzene rings is 1. The van der Waals surface area contributed by atoms with E-state index in [1.54, 1.807) is 25.3 Å². The number of aromatic nitrogens is 1. The maximum atomic E-state index is 12.7. The Kier molecular flexibility index (Phi) is 5.63. The van der Waals surface area contributed by atoms with E-state index in [1.165, 1.54) is 23.4 Å². The van der Waals surface area contributed by atoms with Crippen molar-refractivity contribution in [3.63, 3.8) is 0 Å². The zero-order chi connectivity index (χ0) is 16.9. The molecule has 0 saturated heterocycles. The monoisotopic (exact) mass is 332 g/mol. The molecule has 23 heavy (non-hydrogen) atoms. The molecule has 6 heteroatoms. The molecule has 1 aromatic heterocycles. The first-order valence-corrected chi connectivity index (χ1v) is 8.90. The van der Waals surface area contributed by atoms with E-state index in [0.29, 0.717) is 25.1 Å². The molecule has 0 bridgehead atoms. The van der Waals surface area contributed by atoms with E-state index in [1.807, 2.05) is 18.2 Å². The molecule has 0 amide bonds. The lowest BCUT2D eigenvalue weighted by atomic mass is 10.2. The van der Waals surface area contributed by atoms with Gasteiger partial charge in [-0.05, 0) is 31.2 Å². The molecular weight excluding hydrogens is 312 g/mol. The van der Waals surface area contributed by atoms with Crippen molar-refractivity contribution in [2.24, 2.45) is 0 Å². The van der Waals surface area contributed by atoms with Crippen LogP contribution in [0.1, 0.15) is 29.9 Å². The maximum Gasteiger partial charge on any atom is 0.243 e. The number of carbonyl (C=O) groups excluding carboxylic acids is 1. The van der Waals surface area contributed by atoms with Gasteiger partial charge < -0.3 is 0 Å². The minimum atomic E-state index is -3.57. The van der Waals surface area contributed by atoms with Gasteiger partial charge in [-0.2, -0.15) is 4.31 Å². The van der Waals surface area contributed by atoms with Crippen LogP contribution in [0.4, 0.5) is 0 Å². The number of hydrogen-bond donors (Lipinski definition) is 0. The number of rotatable bonds is 7. The normalized spacial score (nSPS) is 11.6. The lowest BCUT2D eigenvalue weighted by molar-refractivity contribution is 0.101. The van der Waals surface area contributed by atoms with Gasteiger partial charge in [-0.15, -0.1) is 0 Å². The average molecular weight is 332 g/mol. The fraction of sp³-hybridized carbons (Fsp3) is 0.294. The predicted octanol–water partition coefficient (Wildman–Crippen LogP) is 2.54. The minimum absolute atomic E-state index is 0.0866. The Bertz CT molecular complexity index is 756. The molecule has 122 valence electrons. The minimum Gasteiger partial charge on any atom is -0.295 e. The van der Waals surface area contributed by atoms with E-state index in [9.17, 15) is 13.2 Å². The first kappa shape index (κ1) is 17.3. The predicted molar refractivity (Wildman–Crippen MR) is 88.8 cm³/mol. The Hall–Kier alpha value is -2.05. The summed E-state index contributed by atoms with van der Waals surface area (Å²) < 4.78 is 26.8. The van der Waals surface area contributed by atoms with Crippen LogP contribution in [0, 0.1) is 0 Å². The first-order valence-electron chi connectivity index (χ1n) is 7.46. The largest absolute Gasteiger partial charge is 0.295 e. The molecule has 2 rings (SSSR count). The summed E-state index contributed by atoms with van der Waals surface area (Å²) in [7, 11) is -3.57. The third-order valence-corrected chi connectivity index (χ3v) is 5.58. The molecular formula is C17H20N2O3S. The Labute approximate surface area is 137 Å². The SMILES string of the molecule is CCN(CCc1ccccn1)S(=O)(=O)c1ccc(C(C)=O)cc1. The summed E-state index contributed by atoms with van der Waals surface area (Å²) in [6, 6.07) is 11.6. The summed E-state index contributed by atoms with van der Waals surface area (Å²) in [6.07, 6.45) is 2.25. The number of pyridine rings is 1. The number of carbonyl (C=O) groups is 1. The van der Waals surface area contributed by atoms with Crippen molar-refractivity contribution in [3.05, 3.63) is 59.9 Å². The Balaban J connectivity index is 2.16. The first-order chi connectivity index (χ1) is 10.9. The van der Waals surface area contributed by atoms with Crippen LogP contribution in [0.15, 0.2) is 53.6 Å². The van der Waals surface area contributed by atoms with Gasteiger partial charge in [0.05, 0.1) is 4.90 Å². The molecule has 2 aromatic rings. The highest BCUT2D eigenvalue weighted by Crippen LogP contribution is 2.17. The zero-order valence-electron chi connectivity index (χ0n) is 13.3. The van der Waals surface area contributed by atoms with Gasteiger partial charge in [0.1, 0.15) is 0 Å². The summed E-state index contributed by atoms with van der Waals surface area (Å²) in [6.45, 7) is 4.00.